The molecule has 0 bridgehead atoms. The van der Waals surface area contributed by atoms with Crippen molar-refractivity contribution < 1.29 is 23.4 Å². The summed E-state index contributed by atoms with van der Waals surface area (Å²) < 4.78 is 32.6. The number of alkyl halides is 2. The largest absolute Gasteiger partial charge is 0.394 e. The highest BCUT2D eigenvalue weighted by Gasteiger charge is 2.49. The second-order valence-corrected chi connectivity index (χ2v) is 7.13. The smallest absolute Gasteiger partial charge is 0.267 e. The Bertz CT molecular complexity index is 435. The minimum Gasteiger partial charge on any atom is -0.394 e. The van der Waals surface area contributed by atoms with Gasteiger partial charge in [0.25, 0.3) is 5.92 Å². The van der Waals surface area contributed by atoms with Gasteiger partial charge in [-0.1, -0.05) is 12.8 Å². The van der Waals surface area contributed by atoms with Crippen molar-refractivity contribution in [3.63, 3.8) is 0 Å². The SMILES string of the molecule is O=C(CC1(N2CCOCC2)CCCC1)N1CC(F)(F)CC1CO. The van der Waals surface area contributed by atoms with Crippen molar-refractivity contribution in [1.82, 2.24) is 9.80 Å². The maximum absolute atomic E-state index is 13.6. The maximum atomic E-state index is 13.6. The molecule has 2 heterocycles. The van der Waals surface area contributed by atoms with Crippen LogP contribution in [-0.4, -0.2) is 77.8 Å². The van der Waals surface area contributed by atoms with Gasteiger partial charge in [0.1, 0.15) is 0 Å². The number of aliphatic hydroxyl groups excluding tert-OH is 1. The van der Waals surface area contributed by atoms with E-state index < -0.39 is 31.5 Å². The second kappa shape index (κ2) is 6.61. The van der Waals surface area contributed by atoms with Crippen molar-refractivity contribution in [1.29, 1.82) is 0 Å². The van der Waals surface area contributed by atoms with Gasteiger partial charge >= 0.3 is 0 Å². The summed E-state index contributed by atoms with van der Waals surface area (Å²) in [6, 6.07) is -0.749. The number of hydrogen-bond donors (Lipinski definition) is 1. The van der Waals surface area contributed by atoms with E-state index in [-0.39, 0.29) is 17.9 Å². The zero-order valence-corrected chi connectivity index (χ0v) is 13.5. The maximum Gasteiger partial charge on any atom is 0.267 e. The predicted octanol–water partition coefficient (Wildman–Crippen LogP) is 1.25. The lowest BCUT2D eigenvalue weighted by atomic mass is 9.89. The Kier molecular flexibility index (Phi) is 4.90. The fourth-order valence-electron chi connectivity index (χ4n) is 4.41. The molecule has 0 aromatic carbocycles. The molecule has 2 aliphatic heterocycles. The van der Waals surface area contributed by atoms with Gasteiger partial charge in [-0.05, 0) is 12.8 Å². The first-order valence-corrected chi connectivity index (χ1v) is 8.57. The number of hydrogen-bond acceptors (Lipinski definition) is 4. The Labute approximate surface area is 135 Å². The first-order valence-electron chi connectivity index (χ1n) is 8.57. The van der Waals surface area contributed by atoms with Crippen LogP contribution >= 0.6 is 0 Å². The Morgan fingerprint density at radius 2 is 1.87 bits per heavy atom. The van der Waals surface area contributed by atoms with Crippen LogP contribution in [0.3, 0.4) is 0 Å². The Morgan fingerprint density at radius 3 is 2.48 bits per heavy atom. The summed E-state index contributed by atoms with van der Waals surface area (Å²) in [6.07, 6.45) is 3.87. The number of rotatable bonds is 4. The number of carbonyl (C=O) groups is 1. The van der Waals surface area contributed by atoms with Gasteiger partial charge in [0.15, 0.2) is 0 Å². The van der Waals surface area contributed by atoms with Crippen molar-refractivity contribution in [2.75, 3.05) is 39.5 Å². The lowest BCUT2D eigenvalue weighted by Gasteiger charge is -2.44. The second-order valence-electron chi connectivity index (χ2n) is 7.13. The van der Waals surface area contributed by atoms with Gasteiger partial charge in [-0.3, -0.25) is 9.69 Å². The minimum atomic E-state index is -2.88. The summed E-state index contributed by atoms with van der Waals surface area (Å²) in [5.74, 6) is -3.13. The number of ether oxygens (including phenoxy) is 1. The number of likely N-dealkylation sites (tertiary alicyclic amines) is 1. The van der Waals surface area contributed by atoms with E-state index in [9.17, 15) is 18.7 Å². The highest BCUT2D eigenvalue weighted by molar-refractivity contribution is 5.78. The van der Waals surface area contributed by atoms with Crippen molar-refractivity contribution >= 4 is 5.91 Å². The molecule has 5 nitrogen and oxygen atoms in total. The third kappa shape index (κ3) is 3.51. The normalized spacial score (nSPS) is 30.7. The van der Waals surface area contributed by atoms with Gasteiger partial charge in [0.05, 0.1) is 32.4 Å². The molecule has 23 heavy (non-hydrogen) atoms. The van der Waals surface area contributed by atoms with Crippen molar-refractivity contribution in [3.05, 3.63) is 0 Å². The number of morpholine rings is 1. The van der Waals surface area contributed by atoms with Crippen LogP contribution in [0.4, 0.5) is 8.78 Å². The monoisotopic (exact) mass is 332 g/mol. The molecule has 3 aliphatic rings. The number of halogens is 2. The van der Waals surface area contributed by atoms with E-state index in [2.05, 4.69) is 4.90 Å². The molecule has 0 radical (unpaired) electrons. The quantitative estimate of drug-likeness (QED) is 0.842. The van der Waals surface area contributed by atoms with Gasteiger partial charge < -0.3 is 14.7 Å². The third-order valence-corrected chi connectivity index (χ3v) is 5.60. The van der Waals surface area contributed by atoms with Crippen molar-refractivity contribution in [2.45, 2.75) is 56.0 Å². The summed E-state index contributed by atoms with van der Waals surface area (Å²) in [5.41, 5.74) is -0.210. The van der Waals surface area contributed by atoms with E-state index in [0.717, 1.165) is 38.8 Å². The molecular formula is C16H26F2N2O3. The number of aliphatic hydroxyl groups is 1. The molecule has 0 aromatic heterocycles. The molecule has 1 saturated carbocycles. The van der Waals surface area contributed by atoms with Crippen LogP contribution in [0.5, 0.6) is 0 Å². The van der Waals surface area contributed by atoms with Crippen molar-refractivity contribution in [3.8, 4) is 0 Å². The van der Waals surface area contributed by atoms with Gasteiger partial charge in [-0.25, -0.2) is 8.78 Å². The molecule has 0 aromatic rings. The average molecular weight is 332 g/mol. The summed E-state index contributed by atoms with van der Waals surface area (Å²) in [5, 5.41) is 9.34. The third-order valence-electron chi connectivity index (χ3n) is 5.60. The van der Waals surface area contributed by atoms with Gasteiger partial charge in [-0.2, -0.15) is 0 Å². The van der Waals surface area contributed by atoms with E-state index in [1.165, 1.54) is 4.90 Å². The standard InChI is InChI=1S/C16H26F2N2O3/c17-16(18)9-13(11-21)20(12-16)14(22)10-15(3-1-2-4-15)19-5-7-23-8-6-19/h13,21H,1-12H2. The highest BCUT2D eigenvalue weighted by atomic mass is 19.3. The van der Waals surface area contributed by atoms with Crippen LogP contribution in [0.25, 0.3) is 0 Å². The molecule has 1 aliphatic carbocycles. The molecule has 0 spiro atoms. The highest BCUT2D eigenvalue weighted by Crippen LogP contribution is 2.40. The molecule has 7 heteroatoms. The van der Waals surface area contributed by atoms with Gasteiger partial charge in [0.2, 0.25) is 5.91 Å². The molecule has 2 saturated heterocycles. The summed E-state index contributed by atoms with van der Waals surface area (Å²) >= 11 is 0. The topological polar surface area (TPSA) is 53.0 Å². The van der Waals surface area contributed by atoms with Crippen molar-refractivity contribution in [2.24, 2.45) is 0 Å². The molecule has 132 valence electrons. The van der Waals surface area contributed by atoms with Gasteiger partial charge in [-0.15, -0.1) is 0 Å². The Morgan fingerprint density at radius 1 is 1.22 bits per heavy atom. The summed E-state index contributed by atoms with van der Waals surface area (Å²) in [4.78, 5) is 16.3. The number of carbonyl (C=O) groups excluding carboxylic acids is 1. The van der Waals surface area contributed by atoms with Crippen LogP contribution in [0, 0.1) is 0 Å². The lowest BCUT2D eigenvalue weighted by molar-refractivity contribution is -0.138. The van der Waals surface area contributed by atoms with Crippen LogP contribution in [-0.2, 0) is 9.53 Å². The lowest BCUT2D eigenvalue weighted by Crippen LogP contribution is -2.54. The van der Waals surface area contributed by atoms with E-state index in [1.807, 2.05) is 0 Å². The van der Waals surface area contributed by atoms with E-state index in [4.69, 9.17) is 4.74 Å². The van der Waals surface area contributed by atoms with Crippen LogP contribution < -0.4 is 0 Å². The van der Waals surface area contributed by atoms with Crippen LogP contribution in [0.2, 0.25) is 0 Å². The minimum absolute atomic E-state index is 0.210. The zero-order valence-electron chi connectivity index (χ0n) is 13.5. The Balaban J connectivity index is 1.71. The van der Waals surface area contributed by atoms with Crippen LogP contribution in [0.1, 0.15) is 38.5 Å². The molecule has 3 rings (SSSR count). The zero-order chi connectivity index (χ0) is 16.5. The molecular weight excluding hydrogens is 306 g/mol. The van der Waals surface area contributed by atoms with E-state index >= 15 is 0 Å². The van der Waals surface area contributed by atoms with Crippen LogP contribution in [0.15, 0.2) is 0 Å². The van der Waals surface area contributed by atoms with E-state index in [1.54, 1.807) is 0 Å². The molecule has 1 amide bonds. The molecule has 1 N–H and O–H groups in total. The number of nitrogens with zero attached hydrogens (tertiary/aromatic N) is 2. The number of amides is 1. The molecule has 3 fully saturated rings. The molecule has 1 atom stereocenters. The predicted molar refractivity (Wildman–Crippen MR) is 80.4 cm³/mol. The summed E-state index contributed by atoms with van der Waals surface area (Å²) in [7, 11) is 0. The first kappa shape index (κ1) is 17.0. The summed E-state index contributed by atoms with van der Waals surface area (Å²) in [6.45, 7) is 1.97. The first-order chi connectivity index (χ1) is 11.0. The fraction of sp³-hybridized carbons (Fsp3) is 0.938. The average Bonchev–Trinajstić information content (AvgIpc) is 3.13. The van der Waals surface area contributed by atoms with E-state index in [0.29, 0.717) is 13.2 Å². The molecule has 1 unspecified atom stereocenters. The fourth-order valence-corrected chi connectivity index (χ4v) is 4.41. The Hall–Kier alpha value is -0.790. The van der Waals surface area contributed by atoms with Gasteiger partial charge in [0, 0.05) is 31.5 Å².